The number of hydrogen-bond donors (Lipinski definition) is 1. The molecule has 1 N–H and O–H groups in total. The number of aryl methyl sites for hydroxylation is 1. The molecule has 6 rings (SSSR count). The Balaban J connectivity index is 1.09. The van der Waals surface area contributed by atoms with Crippen LogP contribution in [0.1, 0.15) is 33.9 Å². The SMILES string of the molecule is O=C(Nc1c(Cl)cncc1Cl)C(=O)c1cn(CCCN2CCN(C(c3ccc(F)cc3)c3ccc(F)cc3)CC2)c2ncccc12. The van der Waals surface area contributed by atoms with Gasteiger partial charge in [-0.25, -0.2) is 13.8 Å². The number of aromatic nitrogens is 3. The van der Waals surface area contributed by atoms with Crippen LogP contribution in [0, 0.1) is 11.6 Å². The molecule has 8 nitrogen and oxygen atoms in total. The fourth-order valence-electron chi connectivity index (χ4n) is 5.91. The van der Waals surface area contributed by atoms with Crippen LogP contribution in [0.2, 0.25) is 10.0 Å². The molecular formula is C34H30Cl2F2N6O2. The summed E-state index contributed by atoms with van der Waals surface area (Å²) in [5, 5.41) is 3.34. The third-order valence-corrected chi connectivity index (χ3v) is 8.77. The van der Waals surface area contributed by atoms with Gasteiger partial charge >= 0.3 is 0 Å². The van der Waals surface area contributed by atoms with Crippen molar-refractivity contribution in [2.75, 3.05) is 38.0 Å². The Labute approximate surface area is 274 Å². The molecule has 0 radical (unpaired) electrons. The summed E-state index contributed by atoms with van der Waals surface area (Å²) in [6, 6.07) is 16.4. The number of carbonyl (C=O) groups is 2. The van der Waals surface area contributed by atoms with Crippen molar-refractivity contribution >= 4 is 51.6 Å². The molecule has 5 aromatic rings. The molecule has 0 atom stereocenters. The molecule has 1 aliphatic rings. The second-order valence-electron chi connectivity index (χ2n) is 11.1. The summed E-state index contributed by atoms with van der Waals surface area (Å²) < 4.78 is 29.3. The smallest absolute Gasteiger partial charge is 0.296 e. The summed E-state index contributed by atoms with van der Waals surface area (Å²) in [5.74, 6) is -2.18. The van der Waals surface area contributed by atoms with Crippen molar-refractivity contribution < 1.29 is 18.4 Å². The lowest BCUT2D eigenvalue weighted by Crippen LogP contribution is -2.48. The Morgan fingerprint density at radius 1 is 0.848 bits per heavy atom. The van der Waals surface area contributed by atoms with E-state index in [4.69, 9.17) is 23.2 Å². The van der Waals surface area contributed by atoms with Gasteiger partial charge in [0.05, 0.1) is 27.3 Å². The molecule has 0 unspecified atom stereocenters. The van der Waals surface area contributed by atoms with Gasteiger partial charge in [-0.1, -0.05) is 47.5 Å². The molecule has 0 saturated carbocycles. The first kappa shape index (κ1) is 31.7. The molecule has 1 amide bonds. The lowest BCUT2D eigenvalue weighted by molar-refractivity contribution is -0.112. The van der Waals surface area contributed by atoms with Gasteiger partial charge in [0.1, 0.15) is 17.3 Å². The van der Waals surface area contributed by atoms with E-state index in [0.29, 0.717) is 17.6 Å². The highest BCUT2D eigenvalue weighted by atomic mass is 35.5. The highest BCUT2D eigenvalue weighted by Crippen LogP contribution is 2.31. The minimum atomic E-state index is -0.865. The number of amides is 1. The molecule has 4 heterocycles. The number of fused-ring (bicyclic) bond motifs is 1. The van der Waals surface area contributed by atoms with E-state index in [2.05, 4.69) is 25.1 Å². The van der Waals surface area contributed by atoms with Crippen molar-refractivity contribution in [2.24, 2.45) is 0 Å². The van der Waals surface area contributed by atoms with Gasteiger partial charge in [-0.05, 0) is 60.5 Å². The van der Waals surface area contributed by atoms with Crippen molar-refractivity contribution in [1.82, 2.24) is 24.3 Å². The molecule has 236 valence electrons. The van der Waals surface area contributed by atoms with Gasteiger partial charge in [-0.3, -0.25) is 19.5 Å². The van der Waals surface area contributed by atoms with Crippen LogP contribution in [0.25, 0.3) is 11.0 Å². The monoisotopic (exact) mass is 662 g/mol. The zero-order chi connectivity index (χ0) is 32.2. The largest absolute Gasteiger partial charge is 0.332 e. The fourth-order valence-corrected chi connectivity index (χ4v) is 6.37. The number of nitrogens with zero attached hydrogens (tertiary/aromatic N) is 5. The van der Waals surface area contributed by atoms with Gasteiger partial charge < -0.3 is 14.8 Å². The average molecular weight is 664 g/mol. The van der Waals surface area contributed by atoms with Crippen LogP contribution < -0.4 is 5.32 Å². The number of benzene rings is 2. The summed E-state index contributed by atoms with van der Waals surface area (Å²) >= 11 is 12.2. The van der Waals surface area contributed by atoms with Crippen molar-refractivity contribution in [3.05, 3.63) is 124 Å². The van der Waals surface area contributed by atoms with Crippen LogP contribution in [0.15, 0.2) is 85.5 Å². The number of ketones is 1. The Hall–Kier alpha value is -4.22. The first-order valence-electron chi connectivity index (χ1n) is 14.8. The maximum absolute atomic E-state index is 13.7. The van der Waals surface area contributed by atoms with Crippen LogP contribution >= 0.6 is 23.2 Å². The molecule has 1 aliphatic heterocycles. The van der Waals surface area contributed by atoms with Crippen LogP contribution in [-0.4, -0.2) is 68.7 Å². The van der Waals surface area contributed by atoms with Crippen molar-refractivity contribution in [3.63, 3.8) is 0 Å². The number of Topliss-reactive ketones (excluding diaryl/α,β-unsaturated/α-hetero) is 1. The number of anilines is 1. The van der Waals surface area contributed by atoms with Gasteiger partial charge in [0.15, 0.2) is 0 Å². The molecule has 0 aliphatic carbocycles. The second-order valence-corrected chi connectivity index (χ2v) is 11.9. The number of nitrogens with one attached hydrogen (secondary N) is 1. The Morgan fingerprint density at radius 3 is 2.07 bits per heavy atom. The normalized spacial score (nSPS) is 14.2. The maximum Gasteiger partial charge on any atom is 0.296 e. The third kappa shape index (κ3) is 6.95. The molecule has 1 fully saturated rings. The standard InChI is InChI=1S/C34H30Cl2F2N6O2/c35-28-19-39-20-29(36)30(28)41-34(46)32(45)27-21-44(33-26(27)3-1-12-40-33)14-2-13-42-15-17-43(18-16-42)31(22-4-8-24(37)9-5-22)23-6-10-25(38)11-7-23/h1,3-12,19-21,31H,2,13-18H2,(H,39,41,46). The predicted molar refractivity (Wildman–Crippen MR) is 174 cm³/mol. The molecule has 0 bridgehead atoms. The van der Waals surface area contributed by atoms with E-state index in [9.17, 15) is 18.4 Å². The number of carbonyl (C=O) groups excluding carboxylic acids is 2. The van der Waals surface area contributed by atoms with Gasteiger partial charge in [0.25, 0.3) is 11.7 Å². The third-order valence-electron chi connectivity index (χ3n) is 8.19. The molecule has 3 aromatic heterocycles. The van der Waals surface area contributed by atoms with E-state index >= 15 is 0 Å². The predicted octanol–water partition coefficient (Wildman–Crippen LogP) is 6.64. The summed E-state index contributed by atoms with van der Waals surface area (Å²) in [6.45, 7) is 4.64. The molecule has 12 heteroatoms. The van der Waals surface area contributed by atoms with E-state index in [0.717, 1.165) is 50.3 Å². The van der Waals surface area contributed by atoms with Gasteiger partial charge in [-0.2, -0.15) is 0 Å². The van der Waals surface area contributed by atoms with E-state index < -0.39 is 11.7 Å². The Bertz CT molecular complexity index is 1790. The Kier molecular flexibility index (Phi) is 9.70. The van der Waals surface area contributed by atoms with Gasteiger partial charge in [0, 0.05) is 62.9 Å². The second kappa shape index (κ2) is 14.0. The quantitative estimate of drug-likeness (QED) is 0.133. The lowest BCUT2D eigenvalue weighted by Gasteiger charge is -2.40. The van der Waals surface area contributed by atoms with Gasteiger partial charge in [-0.15, -0.1) is 0 Å². The molecular weight excluding hydrogens is 633 g/mol. The van der Waals surface area contributed by atoms with E-state index in [1.807, 2.05) is 4.57 Å². The van der Waals surface area contributed by atoms with Crippen LogP contribution in [0.5, 0.6) is 0 Å². The van der Waals surface area contributed by atoms with Crippen molar-refractivity contribution in [2.45, 2.75) is 19.0 Å². The minimum absolute atomic E-state index is 0.112. The highest BCUT2D eigenvalue weighted by molar-refractivity contribution is 6.50. The summed E-state index contributed by atoms with van der Waals surface area (Å²) in [7, 11) is 0. The fraction of sp³-hybridized carbons (Fsp3) is 0.235. The van der Waals surface area contributed by atoms with Crippen molar-refractivity contribution in [3.8, 4) is 0 Å². The van der Waals surface area contributed by atoms with Crippen LogP contribution in [0.4, 0.5) is 14.5 Å². The van der Waals surface area contributed by atoms with Crippen LogP contribution in [0.3, 0.4) is 0 Å². The first-order chi connectivity index (χ1) is 22.3. The van der Waals surface area contributed by atoms with E-state index in [1.165, 1.54) is 36.7 Å². The van der Waals surface area contributed by atoms with Crippen molar-refractivity contribution in [1.29, 1.82) is 0 Å². The molecule has 2 aromatic carbocycles. The number of hydrogen-bond acceptors (Lipinski definition) is 6. The average Bonchev–Trinajstić information content (AvgIpc) is 3.43. The van der Waals surface area contributed by atoms with Gasteiger partial charge in [0.2, 0.25) is 0 Å². The maximum atomic E-state index is 13.7. The molecule has 1 saturated heterocycles. The minimum Gasteiger partial charge on any atom is -0.332 e. The summed E-state index contributed by atoms with van der Waals surface area (Å²) in [5.41, 5.74) is 2.90. The molecule has 46 heavy (non-hydrogen) atoms. The highest BCUT2D eigenvalue weighted by Gasteiger charge is 2.27. The number of halogens is 4. The summed E-state index contributed by atoms with van der Waals surface area (Å²) in [4.78, 5) is 39.2. The summed E-state index contributed by atoms with van der Waals surface area (Å²) in [6.07, 6.45) is 6.78. The zero-order valence-electron chi connectivity index (χ0n) is 24.7. The lowest BCUT2D eigenvalue weighted by atomic mass is 9.96. The zero-order valence-corrected chi connectivity index (χ0v) is 26.2. The number of pyridine rings is 2. The van der Waals surface area contributed by atoms with E-state index in [-0.39, 0.29) is 39.0 Å². The molecule has 0 spiro atoms. The first-order valence-corrected chi connectivity index (χ1v) is 15.6. The van der Waals surface area contributed by atoms with E-state index in [1.54, 1.807) is 48.8 Å². The number of piperazine rings is 1. The van der Waals surface area contributed by atoms with Crippen LogP contribution in [-0.2, 0) is 11.3 Å². The topological polar surface area (TPSA) is 83.4 Å². The Morgan fingerprint density at radius 2 is 1.46 bits per heavy atom. The number of rotatable bonds is 10.